The SMILES string of the molecule is COc1ccc(CN)cc1CSc1ccc(C(C)C)cc1. The van der Waals surface area contributed by atoms with Crippen molar-refractivity contribution in [2.75, 3.05) is 7.11 Å². The number of thioether (sulfide) groups is 1. The van der Waals surface area contributed by atoms with Gasteiger partial charge in [0.2, 0.25) is 0 Å². The Hall–Kier alpha value is -1.45. The van der Waals surface area contributed by atoms with Crippen molar-refractivity contribution in [1.82, 2.24) is 0 Å². The third kappa shape index (κ3) is 4.26. The molecule has 0 aliphatic carbocycles. The molecule has 0 saturated carbocycles. The number of hydrogen-bond donors (Lipinski definition) is 1. The zero-order valence-electron chi connectivity index (χ0n) is 12.9. The molecule has 2 rings (SSSR count). The molecule has 0 atom stereocenters. The van der Waals surface area contributed by atoms with Gasteiger partial charge in [0.05, 0.1) is 7.11 Å². The Morgan fingerprint density at radius 3 is 2.38 bits per heavy atom. The Morgan fingerprint density at radius 2 is 1.81 bits per heavy atom. The van der Waals surface area contributed by atoms with Gasteiger partial charge in [-0.2, -0.15) is 0 Å². The smallest absolute Gasteiger partial charge is 0.122 e. The van der Waals surface area contributed by atoms with Crippen LogP contribution in [0, 0.1) is 0 Å². The first kappa shape index (κ1) is 15.9. The number of nitrogens with two attached hydrogens (primary N) is 1. The Kier molecular flexibility index (Phi) is 5.71. The number of benzene rings is 2. The van der Waals surface area contributed by atoms with E-state index in [1.165, 1.54) is 16.0 Å². The van der Waals surface area contributed by atoms with Gasteiger partial charge in [0, 0.05) is 22.8 Å². The molecule has 2 aromatic carbocycles. The fraction of sp³-hybridized carbons (Fsp3) is 0.333. The largest absolute Gasteiger partial charge is 0.496 e. The minimum atomic E-state index is 0.560. The van der Waals surface area contributed by atoms with E-state index >= 15 is 0 Å². The van der Waals surface area contributed by atoms with Crippen LogP contribution in [0.3, 0.4) is 0 Å². The molecule has 0 heterocycles. The van der Waals surface area contributed by atoms with Crippen LogP contribution in [-0.4, -0.2) is 7.11 Å². The summed E-state index contributed by atoms with van der Waals surface area (Å²) in [6.07, 6.45) is 0. The molecule has 0 unspecified atom stereocenters. The fourth-order valence-corrected chi connectivity index (χ4v) is 3.06. The first-order valence-corrected chi connectivity index (χ1v) is 8.21. The molecule has 0 radical (unpaired) electrons. The topological polar surface area (TPSA) is 35.2 Å². The Bertz CT molecular complexity index is 578. The molecule has 0 aromatic heterocycles. The van der Waals surface area contributed by atoms with E-state index in [-0.39, 0.29) is 0 Å². The van der Waals surface area contributed by atoms with E-state index in [0.717, 1.165) is 17.1 Å². The molecule has 2 nitrogen and oxygen atoms in total. The first-order chi connectivity index (χ1) is 10.1. The third-order valence-electron chi connectivity index (χ3n) is 3.52. The van der Waals surface area contributed by atoms with Gasteiger partial charge in [-0.05, 0) is 41.3 Å². The molecule has 2 aromatic rings. The average Bonchev–Trinajstić information content (AvgIpc) is 2.52. The number of hydrogen-bond acceptors (Lipinski definition) is 3. The van der Waals surface area contributed by atoms with Crippen LogP contribution >= 0.6 is 11.8 Å². The highest BCUT2D eigenvalue weighted by Gasteiger charge is 2.06. The van der Waals surface area contributed by atoms with Gasteiger partial charge >= 0.3 is 0 Å². The van der Waals surface area contributed by atoms with Crippen molar-refractivity contribution in [2.24, 2.45) is 5.73 Å². The van der Waals surface area contributed by atoms with E-state index in [1.807, 2.05) is 23.9 Å². The molecule has 2 N–H and O–H groups in total. The summed E-state index contributed by atoms with van der Waals surface area (Å²) in [5.41, 5.74) is 9.43. The molecule has 3 heteroatoms. The summed E-state index contributed by atoms with van der Waals surface area (Å²) < 4.78 is 5.43. The van der Waals surface area contributed by atoms with E-state index in [9.17, 15) is 0 Å². The van der Waals surface area contributed by atoms with E-state index in [1.54, 1.807) is 7.11 Å². The molecular weight excluding hydrogens is 278 g/mol. The lowest BCUT2D eigenvalue weighted by Gasteiger charge is -2.11. The summed E-state index contributed by atoms with van der Waals surface area (Å²) in [6.45, 7) is 4.99. The lowest BCUT2D eigenvalue weighted by atomic mass is 10.0. The third-order valence-corrected chi connectivity index (χ3v) is 4.58. The van der Waals surface area contributed by atoms with Crippen LogP contribution < -0.4 is 10.5 Å². The monoisotopic (exact) mass is 301 g/mol. The maximum Gasteiger partial charge on any atom is 0.122 e. The molecule has 21 heavy (non-hydrogen) atoms. The normalized spacial score (nSPS) is 10.9. The molecule has 0 fully saturated rings. The van der Waals surface area contributed by atoms with Crippen LogP contribution in [0.5, 0.6) is 5.75 Å². The molecule has 0 saturated heterocycles. The number of ether oxygens (including phenoxy) is 1. The first-order valence-electron chi connectivity index (χ1n) is 7.22. The number of methoxy groups -OCH3 is 1. The van der Waals surface area contributed by atoms with Gasteiger partial charge in [-0.1, -0.05) is 32.0 Å². The molecule has 112 valence electrons. The molecule has 0 aliphatic rings. The highest BCUT2D eigenvalue weighted by Crippen LogP contribution is 2.29. The Morgan fingerprint density at radius 1 is 1.10 bits per heavy atom. The maximum atomic E-state index is 5.71. The van der Waals surface area contributed by atoms with Crippen LogP contribution in [-0.2, 0) is 12.3 Å². The fourth-order valence-electron chi connectivity index (χ4n) is 2.18. The lowest BCUT2D eigenvalue weighted by molar-refractivity contribution is 0.411. The predicted molar refractivity (Wildman–Crippen MR) is 91.0 cm³/mol. The summed E-state index contributed by atoms with van der Waals surface area (Å²) in [5.74, 6) is 2.39. The standard InChI is InChI=1S/C18H23NOS/c1-13(2)15-5-7-17(8-6-15)21-12-16-10-14(11-19)4-9-18(16)20-3/h4-10,13H,11-12,19H2,1-3H3. The van der Waals surface area contributed by atoms with Gasteiger partial charge in [-0.3, -0.25) is 0 Å². The van der Waals surface area contributed by atoms with Gasteiger partial charge in [-0.15, -0.1) is 11.8 Å². The van der Waals surface area contributed by atoms with E-state index in [4.69, 9.17) is 10.5 Å². The second-order valence-corrected chi connectivity index (χ2v) is 6.41. The van der Waals surface area contributed by atoms with Crippen molar-refractivity contribution in [3.8, 4) is 5.75 Å². The zero-order valence-corrected chi connectivity index (χ0v) is 13.7. The average molecular weight is 301 g/mol. The highest BCUT2D eigenvalue weighted by atomic mass is 32.2. The number of rotatable bonds is 6. The van der Waals surface area contributed by atoms with Crippen molar-refractivity contribution < 1.29 is 4.74 Å². The van der Waals surface area contributed by atoms with Crippen molar-refractivity contribution in [2.45, 2.75) is 37.0 Å². The van der Waals surface area contributed by atoms with E-state index in [0.29, 0.717) is 12.5 Å². The quantitative estimate of drug-likeness (QED) is 0.794. The summed E-state index contributed by atoms with van der Waals surface area (Å²) in [6, 6.07) is 15.0. The molecule has 0 aliphatic heterocycles. The van der Waals surface area contributed by atoms with E-state index in [2.05, 4.69) is 44.2 Å². The second-order valence-electron chi connectivity index (χ2n) is 5.36. The van der Waals surface area contributed by atoms with Crippen LogP contribution in [0.1, 0.15) is 36.5 Å². The van der Waals surface area contributed by atoms with Crippen LogP contribution in [0.2, 0.25) is 0 Å². The van der Waals surface area contributed by atoms with Crippen molar-refractivity contribution >= 4 is 11.8 Å². The summed E-state index contributed by atoms with van der Waals surface area (Å²) in [7, 11) is 1.71. The van der Waals surface area contributed by atoms with Gasteiger partial charge in [0.1, 0.15) is 5.75 Å². The van der Waals surface area contributed by atoms with Crippen LogP contribution in [0.25, 0.3) is 0 Å². The Labute approximate surface area is 131 Å². The predicted octanol–water partition coefficient (Wildman–Crippen LogP) is 4.57. The van der Waals surface area contributed by atoms with Crippen molar-refractivity contribution in [3.63, 3.8) is 0 Å². The van der Waals surface area contributed by atoms with Crippen molar-refractivity contribution in [1.29, 1.82) is 0 Å². The zero-order chi connectivity index (χ0) is 15.2. The minimum absolute atomic E-state index is 0.560. The van der Waals surface area contributed by atoms with E-state index < -0.39 is 0 Å². The van der Waals surface area contributed by atoms with Gasteiger partial charge in [0.25, 0.3) is 0 Å². The van der Waals surface area contributed by atoms with Crippen LogP contribution in [0.4, 0.5) is 0 Å². The van der Waals surface area contributed by atoms with Gasteiger partial charge in [-0.25, -0.2) is 0 Å². The molecular formula is C18H23NOS. The lowest BCUT2D eigenvalue weighted by Crippen LogP contribution is -1.98. The van der Waals surface area contributed by atoms with Crippen molar-refractivity contribution in [3.05, 3.63) is 59.2 Å². The van der Waals surface area contributed by atoms with Gasteiger partial charge in [0.15, 0.2) is 0 Å². The Balaban J connectivity index is 2.08. The molecule has 0 amide bonds. The van der Waals surface area contributed by atoms with Gasteiger partial charge < -0.3 is 10.5 Å². The van der Waals surface area contributed by atoms with Crippen LogP contribution in [0.15, 0.2) is 47.4 Å². The summed E-state index contributed by atoms with van der Waals surface area (Å²) in [5, 5.41) is 0. The molecule has 0 spiro atoms. The summed E-state index contributed by atoms with van der Waals surface area (Å²) in [4.78, 5) is 1.28. The second kappa shape index (κ2) is 7.53. The minimum Gasteiger partial charge on any atom is -0.496 e. The summed E-state index contributed by atoms with van der Waals surface area (Å²) >= 11 is 1.82. The molecule has 0 bridgehead atoms. The highest BCUT2D eigenvalue weighted by molar-refractivity contribution is 7.98. The maximum absolute atomic E-state index is 5.71.